The lowest BCUT2D eigenvalue weighted by molar-refractivity contribution is 0.415. The number of imidazole rings is 1. The van der Waals surface area contributed by atoms with Gasteiger partial charge in [0.2, 0.25) is 5.95 Å². The van der Waals surface area contributed by atoms with E-state index in [1.807, 2.05) is 60.5 Å². The summed E-state index contributed by atoms with van der Waals surface area (Å²) in [6.45, 7) is 0.683. The molecule has 8 nitrogen and oxygen atoms in total. The van der Waals surface area contributed by atoms with Gasteiger partial charge in [-0.15, -0.1) is 5.10 Å². The summed E-state index contributed by atoms with van der Waals surface area (Å²) in [6.07, 6.45) is 2.33. The maximum absolute atomic E-state index is 5.90. The smallest absolute Gasteiger partial charge is 0.245 e. The number of methoxy groups -OCH3 is 1. The molecule has 0 amide bonds. The molecular weight excluding hydrogens is 380 g/mol. The van der Waals surface area contributed by atoms with Gasteiger partial charge in [0.25, 0.3) is 0 Å². The van der Waals surface area contributed by atoms with E-state index in [-0.39, 0.29) is 0 Å². The molecule has 0 aliphatic rings. The molecule has 0 atom stereocenters. The molecule has 2 aromatic carbocycles. The van der Waals surface area contributed by atoms with E-state index in [1.54, 1.807) is 13.3 Å². The second-order valence-electron chi connectivity index (χ2n) is 7.03. The van der Waals surface area contributed by atoms with Gasteiger partial charge in [0.1, 0.15) is 22.9 Å². The first-order valence-electron chi connectivity index (χ1n) is 9.62. The summed E-state index contributed by atoms with van der Waals surface area (Å²) < 4.78 is 11.2. The first-order valence-corrected chi connectivity index (χ1v) is 9.62. The van der Waals surface area contributed by atoms with E-state index in [9.17, 15) is 0 Å². The second-order valence-corrected chi connectivity index (χ2v) is 7.03. The molecule has 1 N–H and O–H groups in total. The molecule has 3 aromatic heterocycles. The Morgan fingerprint density at radius 3 is 2.87 bits per heavy atom. The number of aromatic amines is 1. The normalized spacial score (nSPS) is 11.3. The van der Waals surface area contributed by atoms with Crippen molar-refractivity contribution < 1.29 is 9.15 Å². The molecule has 0 unspecified atom stereocenters. The zero-order valence-corrected chi connectivity index (χ0v) is 16.7. The number of hydrogen-bond acceptors (Lipinski definition) is 7. The minimum Gasteiger partial charge on any atom is -0.497 e. The third-order valence-corrected chi connectivity index (χ3v) is 4.99. The molecule has 0 saturated heterocycles. The van der Waals surface area contributed by atoms with E-state index in [4.69, 9.17) is 9.15 Å². The number of benzene rings is 2. The Balaban J connectivity index is 1.32. The Morgan fingerprint density at radius 2 is 2.00 bits per heavy atom. The van der Waals surface area contributed by atoms with Crippen LogP contribution in [0.2, 0.25) is 0 Å². The summed E-state index contributed by atoms with van der Waals surface area (Å²) in [4.78, 5) is 14.6. The minimum absolute atomic E-state index is 0.533. The third-order valence-electron chi connectivity index (χ3n) is 4.99. The molecular formula is C22H20N6O2. The molecule has 0 saturated carbocycles. The van der Waals surface area contributed by atoms with Crippen LogP contribution in [0.15, 0.2) is 59.1 Å². The van der Waals surface area contributed by atoms with Crippen molar-refractivity contribution in [3.05, 3.63) is 60.6 Å². The van der Waals surface area contributed by atoms with Crippen molar-refractivity contribution >= 4 is 28.0 Å². The van der Waals surface area contributed by atoms with Crippen LogP contribution in [-0.2, 0) is 6.42 Å². The highest BCUT2D eigenvalue weighted by molar-refractivity contribution is 5.82. The van der Waals surface area contributed by atoms with Gasteiger partial charge in [-0.05, 0) is 24.3 Å². The number of likely N-dealkylation sites (N-methyl/N-ethyl adjacent to an activating group) is 1. The average Bonchev–Trinajstić information content (AvgIpc) is 3.40. The van der Waals surface area contributed by atoms with Gasteiger partial charge in [-0.3, -0.25) is 0 Å². The van der Waals surface area contributed by atoms with Crippen LogP contribution in [0.3, 0.4) is 0 Å². The van der Waals surface area contributed by atoms with E-state index in [1.165, 1.54) is 0 Å². The number of fused-ring (bicyclic) bond motifs is 2. The number of rotatable bonds is 6. The van der Waals surface area contributed by atoms with Gasteiger partial charge in [0.05, 0.1) is 24.3 Å². The molecule has 30 heavy (non-hydrogen) atoms. The average molecular weight is 400 g/mol. The fourth-order valence-corrected chi connectivity index (χ4v) is 3.34. The Labute approximate surface area is 172 Å². The molecule has 0 aliphatic heterocycles. The van der Waals surface area contributed by atoms with Crippen molar-refractivity contribution in [2.24, 2.45) is 0 Å². The van der Waals surface area contributed by atoms with Gasteiger partial charge < -0.3 is 19.0 Å². The van der Waals surface area contributed by atoms with Crippen molar-refractivity contribution in [1.82, 2.24) is 25.1 Å². The maximum Gasteiger partial charge on any atom is 0.245 e. The Bertz CT molecular complexity index is 1290. The Kier molecular flexibility index (Phi) is 4.51. The monoisotopic (exact) mass is 400 g/mol. The topological polar surface area (TPSA) is 93.0 Å². The van der Waals surface area contributed by atoms with Crippen LogP contribution >= 0.6 is 0 Å². The molecule has 0 spiro atoms. The van der Waals surface area contributed by atoms with Crippen LogP contribution in [-0.4, -0.2) is 45.9 Å². The molecule has 150 valence electrons. The molecule has 5 rings (SSSR count). The lowest BCUT2D eigenvalue weighted by Gasteiger charge is -2.15. The first-order chi connectivity index (χ1) is 14.7. The van der Waals surface area contributed by atoms with E-state index in [2.05, 4.69) is 25.1 Å². The third kappa shape index (κ3) is 3.43. The second kappa shape index (κ2) is 7.47. The van der Waals surface area contributed by atoms with Crippen molar-refractivity contribution in [2.45, 2.75) is 6.42 Å². The van der Waals surface area contributed by atoms with Gasteiger partial charge in [-0.1, -0.05) is 18.2 Å². The first kappa shape index (κ1) is 18.1. The summed E-state index contributed by atoms with van der Waals surface area (Å²) in [5.74, 6) is 2.90. The van der Waals surface area contributed by atoms with Gasteiger partial charge in [-0.25, -0.2) is 9.97 Å². The summed E-state index contributed by atoms with van der Waals surface area (Å²) in [6, 6.07) is 15.6. The predicted octanol–water partition coefficient (Wildman–Crippen LogP) is 3.85. The zero-order valence-electron chi connectivity index (χ0n) is 16.7. The Morgan fingerprint density at radius 1 is 1.10 bits per heavy atom. The van der Waals surface area contributed by atoms with Crippen molar-refractivity contribution in [1.29, 1.82) is 0 Å². The number of hydrogen-bond donors (Lipinski definition) is 1. The number of aromatic nitrogens is 5. The summed E-state index contributed by atoms with van der Waals surface area (Å²) in [5, 5.41) is 9.31. The molecule has 8 heteroatoms. The van der Waals surface area contributed by atoms with E-state index >= 15 is 0 Å². The highest BCUT2D eigenvalue weighted by Crippen LogP contribution is 2.26. The quantitative estimate of drug-likeness (QED) is 0.463. The predicted molar refractivity (Wildman–Crippen MR) is 115 cm³/mol. The molecule has 5 aromatic rings. The highest BCUT2D eigenvalue weighted by atomic mass is 16.5. The van der Waals surface area contributed by atoms with Gasteiger partial charge >= 0.3 is 0 Å². The number of H-pyrrole nitrogens is 1. The van der Waals surface area contributed by atoms with Gasteiger partial charge in [-0.2, -0.15) is 5.10 Å². The van der Waals surface area contributed by atoms with Crippen LogP contribution < -0.4 is 9.64 Å². The number of para-hydroxylation sites is 1. The summed E-state index contributed by atoms with van der Waals surface area (Å²) in [7, 11) is 3.59. The fraction of sp³-hybridized carbons (Fsp3) is 0.182. The summed E-state index contributed by atoms with van der Waals surface area (Å²) >= 11 is 0. The molecule has 3 heterocycles. The highest BCUT2D eigenvalue weighted by Gasteiger charge is 2.13. The van der Waals surface area contributed by atoms with Crippen LogP contribution in [0.5, 0.6) is 5.75 Å². The van der Waals surface area contributed by atoms with Crippen molar-refractivity contribution in [2.75, 3.05) is 25.6 Å². The lowest BCUT2D eigenvalue weighted by atomic mass is 10.2. The number of furan rings is 1. The number of nitrogens with zero attached hydrogens (tertiary/aromatic N) is 5. The molecule has 0 aliphatic carbocycles. The number of nitrogens with one attached hydrogen (secondary N) is 1. The maximum atomic E-state index is 5.90. The van der Waals surface area contributed by atoms with Crippen LogP contribution in [0, 0.1) is 0 Å². The Hall–Kier alpha value is -3.94. The SMILES string of the molecule is COc1ccc2nc(CCN(C)c3nncc(-c4cc5ccccc5o4)n3)[nH]c2c1. The largest absolute Gasteiger partial charge is 0.497 e. The number of ether oxygens (including phenoxy) is 1. The molecule has 0 bridgehead atoms. The van der Waals surface area contributed by atoms with Gasteiger partial charge in [0.15, 0.2) is 5.76 Å². The zero-order chi connectivity index (χ0) is 20.5. The van der Waals surface area contributed by atoms with Crippen molar-refractivity contribution in [3.63, 3.8) is 0 Å². The summed E-state index contributed by atoms with van der Waals surface area (Å²) in [5.41, 5.74) is 3.34. The number of anilines is 1. The lowest BCUT2D eigenvalue weighted by Crippen LogP contribution is -2.23. The van der Waals surface area contributed by atoms with Gasteiger partial charge in [0, 0.05) is 31.5 Å². The minimum atomic E-state index is 0.533. The van der Waals surface area contributed by atoms with E-state index in [0.717, 1.165) is 33.6 Å². The standard InChI is InChI=1S/C22H20N6O2/c1-28(10-9-21-24-16-8-7-15(29-2)12-17(16)25-21)22-26-18(13-23-27-22)20-11-14-5-3-4-6-19(14)30-20/h3-8,11-13H,9-10H2,1-2H3,(H,24,25). The van der Waals surface area contributed by atoms with Crippen molar-refractivity contribution in [3.8, 4) is 17.2 Å². The van der Waals surface area contributed by atoms with E-state index in [0.29, 0.717) is 30.4 Å². The molecule has 0 fully saturated rings. The van der Waals surface area contributed by atoms with Crippen LogP contribution in [0.25, 0.3) is 33.5 Å². The van der Waals surface area contributed by atoms with Crippen LogP contribution in [0.4, 0.5) is 5.95 Å². The fourth-order valence-electron chi connectivity index (χ4n) is 3.34. The molecule has 0 radical (unpaired) electrons. The van der Waals surface area contributed by atoms with E-state index < -0.39 is 0 Å². The van der Waals surface area contributed by atoms with Crippen LogP contribution in [0.1, 0.15) is 5.82 Å².